The van der Waals surface area contributed by atoms with Crippen LogP contribution >= 0.6 is 11.8 Å². The lowest BCUT2D eigenvalue weighted by Crippen LogP contribution is -2.08. The molecule has 2 rings (SSSR count). The fourth-order valence-corrected chi connectivity index (χ4v) is 3.49. The van der Waals surface area contributed by atoms with E-state index in [0.717, 1.165) is 22.6 Å². The minimum Gasteiger partial charge on any atom is -0.496 e. The van der Waals surface area contributed by atoms with Crippen LogP contribution in [0, 0.1) is 0 Å². The second-order valence-electron chi connectivity index (χ2n) is 4.75. The van der Waals surface area contributed by atoms with Gasteiger partial charge in [0.05, 0.1) is 32.3 Å². The molecule has 0 atom stereocenters. The number of ether oxygens (including phenoxy) is 3. The maximum absolute atomic E-state index is 11.6. The van der Waals surface area contributed by atoms with E-state index in [4.69, 9.17) is 14.2 Å². The number of carbonyl (C=O) groups is 1. The van der Waals surface area contributed by atoms with Crippen molar-refractivity contribution >= 4 is 17.7 Å². The number of methoxy groups -OCH3 is 3. The Morgan fingerprint density at radius 1 is 0.913 bits per heavy atom. The molecule has 2 aromatic rings. The van der Waals surface area contributed by atoms with Crippen molar-refractivity contribution in [1.29, 1.82) is 0 Å². The molecule has 4 nitrogen and oxygen atoms in total. The van der Waals surface area contributed by atoms with Crippen LogP contribution in [0.5, 0.6) is 11.5 Å². The normalized spacial score (nSPS) is 10.4. The van der Waals surface area contributed by atoms with Crippen LogP contribution in [0.3, 0.4) is 0 Å². The van der Waals surface area contributed by atoms with Gasteiger partial charge in [0.25, 0.3) is 0 Å². The summed E-state index contributed by atoms with van der Waals surface area (Å²) in [5, 5.41) is -0.0959. The molecule has 5 heteroatoms. The molecular weight excluding hydrogens is 312 g/mol. The minimum absolute atomic E-state index is 0.0959. The van der Waals surface area contributed by atoms with Crippen LogP contribution in [0.15, 0.2) is 48.5 Å². The molecule has 0 aliphatic heterocycles. The van der Waals surface area contributed by atoms with Gasteiger partial charge in [0, 0.05) is 11.1 Å². The average Bonchev–Trinajstić information content (AvgIpc) is 2.62. The van der Waals surface area contributed by atoms with Crippen LogP contribution in [0.1, 0.15) is 16.4 Å². The molecule has 0 radical (unpaired) electrons. The number of rotatable bonds is 7. The fourth-order valence-electron chi connectivity index (χ4n) is 2.32. The third-order valence-electron chi connectivity index (χ3n) is 3.44. The lowest BCUT2D eigenvalue weighted by atomic mass is 10.0. The van der Waals surface area contributed by atoms with E-state index in [1.165, 1.54) is 18.9 Å². The Balaban J connectivity index is 2.45. The third kappa shape index (κ3) is 4.20. The second kappa shape index (κ2) is 8.48. The van der Waals surface area contributed by atoms with Gasteiger partial charge in [-0.3, -0.25) is 4.79 Å². The highest BCUT2D eigenvalue weighted by molar-refractivity contribution is 8.00. The SMILES string of the molecule is COC(=O)CSC(c1ccccc1OC)c1ccccc1OC. The molecule has 122 valence electrons. The van der Waals surface area contributed by atoms with E-state index >= 15 is 0 Å². The van der Waals surface area contributed by atoms with Crippen LogP contribution in [0.25, 0.3) is 0 Å². The Morgan fingerprint density at radius 3 is 1.83 bits per heavy atom. The van der Waals surface area contributed by atoms with Crippen molar-refractivity contribution < 1.29 is 19.0 Å². The molecule has 0 fully saturated rings. The Hall–Kier alpha value is -2.14. The number of benzene rings is 2. The number of carbonyl (C=O) groups excluding carboxylic acids is 1. The monoisotopic (exact) mass is 332 g/mol. The van der Waals surface area contributed by atoms with Gasteiger partial charge in [0.15, 0.2) is 0 Å². The molecule has 2 aromatic carbocycles. The van der Waals surface area contributed by atoms with Gasteiger partial charge in [-0.25, -0.2) is 0 Å². The minimum atomic E-state index is -0.259. The zero-order valence-electron chi connectivity index (χ0n) is 13.4. The summed E-state index contributed by atoms with van der Waals surface area (Å²) < 4.78 is 15.7. The third-order valence-corrected chi connectivity index (χ3v) is 4.68. The van der Waals surface area contributed by atoms with E-state index in [9.17, 15) is 4.79 Å². The van der Waals surface area contributed by atoms with Gasteiger partial charge in [-0.15, -0.1) is 11.8 Å². The van der Waals surface area contributed by atoms with Gasteiger partial charge in [-0.2, -0.15) is 0 Å². The Labute approximate surface area is 140 Å². The van der Waals surface area contributed by atoms with Gasteiger partial charge in [-0.05, 0) is 12.1 Å². The number of esters is 1. The summed E-state index contributed by atoms with van der Waals surface area (Å²) in [6.07, 6.45) is 0. The first-order valence-corrected chi connectivity index (χ1v) is 8.20. The summed E-state index contributed by atoms with van der Waals surface area (Å²) in [6.45, 7) is 0. The highest BCUT2D eigenvalue weighted by Gasteiger charge is 2.23. The molecule has 0 amide bonds. The predicted octanol–water partition coefficient (Wildman–Crippen LogP) is 3.70. The quantitative estimate of drug-likeness (QED) is 0.724. The van der Waals surface area contributed by atoms with Crippen molar-refractivity contribution in [2.24, 2.45) is 0 Å². The summed E-state index contributed by atoms with van der Waals surface area (Å²) in [5.74, 6) is 1.54. The Kier molecular flexibility index (Phi) is 6.35. The van der Waals surface area contributed by atoms with Gasteiger partial charge < -0.3 is 14.2 Å². The predicted molar refractivity (Wildman–Crippen MR) is 92.3 cm³/mol. The largest absolute Gasteiger partial charge is 0.496 e. The van der Waals surface area contributed by atoms with Crippen molar-refractivity contribution in [3.63, 3.8) is 0 Å². The van der Waals surface area contributed by atoms with E-state index < -0.39 is 0 Å². The summed E-state index contributed by atoms with van der Waals surface area (Å²) in [7, 11) is 4.68. The maximum Gasteiger partial charge on any atom is 0.315 e. The fraction of sp³-hybridized carbons (Fsp3) is 0.278. The maximum atomic E-state index is 11.6. The van der Waals surface area contributed by atoms with Crippen molar-refractivity contribution in [1.82, 2.24) is 0 Å². The van der Waals surface area contributed by atoms with E-state index in [1.807, 2.05) is 48.5 Å². The van der Waals surface area contributed by atoms with Gasteiger partial charge in [-0.1, -0.05) is 36.4 Å². The van der Waals surface area contributed by atoms with Gasteiger partial charge in [0.1, 0.15) is 11.5 Å². The summed E-state index contributed by atoms with van der Waals surface area (Å²) in [4.78, 5) is 11.6. The zero-order valence-corrected chi connectivity index (χ0v) is 14.3. The van der Waals surface area contributed by atoms with E-state index in [1.54, 1.807) is 14.2 Å². The number of hydrogen-bond acceptors (Lipinski definition) is 5. The van der Waals surface area contributed by atoms with E-state index in [-0.39, 0.29) is 17.0 Å². The molecule has 0 aliphatic carbocycles. The van der Waals surface area contributed by atoms with E-state index in [0.29, 0.717) is 0 Å². The molecule has 0 saturated carbocycles. The summed E-state index contributed by atoms with van der Waals surface area (Å²) in [6, 6.07) is 15.6. The number of para-hydroxylation sites is 2. The summed E-state index contributed by atoms with van der Waals surface area (Å²) >= 11 is 1.48. The first-order valence-electron chi connectivity index (χ1n) is 7.15. The highest BCUT2D eigenvalue weighted by atomic mass is 32.2. The molecular formula is C18H20O4S. The average molecular weight is 332 g/mol. The molecule has 0 unspecified atom stereocenters. The van der Waals surface area contributed by atoms with Crippen LogP contribution in [0.2, 0.25) is 0 Å². The molecule has 0 N–H and O–H groups in total. The van der Waals surface area contributed by atoms with Crippen molar-refractivity contribution in [3.8, 4) is 11.5 Å². The summed E-state index contributed by atoms with van der Waals surface area (Å²) in [5.41, 5.74) is 1.99. The van der Waals surface area contributed by atoms with Crippen LogP contribution < -0.4 is 9.47 Å². The van der Waals surface area contributed by atoms with Crippen molar-refractivity contribution in [2.75, 3.05) is 27.1 Å². The molecule has 0 saturated heterocycles. The Bertz CT molecular complexity index is 609. The van der Waals surface area contributed by atoms with Crippen molar-refractivity contribution in [2.45, 2.75) is 5.25 Å². The number of thioether (sulfide) groups is 1. The van der Waals surface area contributed by atoms with Gasteiger partial charge in [0.2, 0.25) is 0 Å². The van der Waals surface area contributed by atoms with Crippen LogP contribution in [0.4, 0.5) is 0 Å². The first-order chi connectivity index (χ1) is 11.2. The molecule has 0 spiro atoms. The second-order valence-corrected chi connectivity index (χ2v) is 5.84. The highest BCUT2D eigenvalue weighted by Crippen LogP contribution is 2.43. The van der Waals surface area contributed by atoms with E-state index in [2.05, 4.69) is 0 Å². The molecule has 0 aromatic heterocycles. The smallest absolute Gasteiger partial charge is 0.315 e. The van der Waals surface area contributed by atoms with Crippen molar-refractivity contribution in [3.05, 3.63) is 59.7 Å². The number of hydrogen-bond donors (Lipinski definition) is 0. The molecule has 0 heterocycles. The molecule has 0 bridgehead atoms. The first kappa shape index (κ1) is 17.2. The van der Waals surface area contributed by atoms with Gasteiger partial charge >= 0.3 is 5.97 Å². The Morgan fingerprint density at radius 2 is 1.39 bits per heavy atom. The van der Waals surface area contributed by atoms with Crippen LogP contribution in [-0.2, 0) is 9.53 Å². The molecule has 0 aliphatic rings. The lowest BCUT2D eigenvalue weighted by Gasteiger charge is -2.21. The lowest BCUT2D eigenvalue weighted by molar-refractivity contribution is -0.137. The van der Waals surface area contributed by atoms with Crippen LogP contribution in [-0.4, -0.2) is 33.1 Å². The molecule has 23 heavy (non-hydrogen) atoms. The standard InChI is InChI=1S/C18H20O4S/c1-20-15-10-6-4-8-13(15)18(23-12-17(19)22-3)14-9-5-7-11-16(14)21-2/h4-11,18H,12H2,1-3H3. The topological polar surface area (TPSA) is 44.8 Å². The zero-order chi connectivity index (χ0) is 16.7.